The number of hydrogen-bond acceptors (Lipinski definition) is 9. The van der Waals surface area contributed by atoms with Gasteiger partial charge in [-0.05, 0) is 25.0 Å². The number of anilines is 1. The molecule has 1 saturated heterocycles. The Morgan fingerprint density at radius 1 is 1.32 bits per heavy atom. The smallest absolute Gasteiger partial charge is 0.246 e. The van der Waals surface area contributed by atoms with Gasteiger partial charge in [-0.1, -0.05) is 36.2 Å². The first kappa shape index (κ1) is 27.4. The van der Waals surface area contributed by atoms with E-state index in [1.54, 1.807) is 24.5 Å². The van der Waals surface area contributed by atoms with Crippen molar-refractivity contribution in [1.82, 2.24) is 14.7 Å². The van der Waals surface area contributed by atoms with E-state index >= 15 is 0 Å². The maximum Gasteiger partial charge on any atom is 0.246 e. The van der Waals surface area contributed by atoms with Crippen LogP contribution < -0.4 is 14.4 Å². The average molecular weight is 586 g/mol. The Kier molecular flexibility index (Phi) is 8.47. The van der Waals surface area contributed by atoms with Crippen molar-refractivity contribution in [3.05, 3.63) is 57.2 Å². The Bertz CT molecular complexity index is 1400. The van der Waals surface area contributed by atoms with E-state index in [1.165, 1.54) is 13.2 Å². The molecule has 1 atom stereocenters. The third-order valence-corrected chi connectivity index (χ3v) is 9.53. The molecule has 198 valence electrons. The summed E-state index contributed by atoms with van der Waals surface area (Å²) < 4.78 is 39.7. The summed E-state index contributed by atoms with van der Waals surface area (Å²) in [6, 6.07) is 3.22. The lowest BCUT2D eigenvalue weighted by molar-refractivity contribution is -0.123. The van der Waals surface area contributed by atoms with Crippen LogP contribution in [0.5, 0.6) is 5.75 Å². The number of sulfonamides is 1. The number of carbonyl (C=O) groups excluding carboxylic acids is 1. The fourth-order valence-electron chi connectivity index (χ4n) is 4.15. The number of nitrogens with one attached hydrogen (secondary N) is 1. The maximum absolute atomic E-state index is 12.9. The number of methoxy groups -OCH3 is 1. The molecule has 13 heteroatoms. The summed E-state index contributed by atoms with van der Waals surface area (Å²) in [6.45, 7) is 6.49. The van der Waals surface area contributed by atoms with Gasteiger partial charge in [-0.15, -0.1) is 17.9 Å². The highest BCUT2D eigenvalue weighted by molar-refractivity contribution is 7.90. The summed E-state index contributed by atoms with van der Waals surface area (Å²) >= 11 is 13.7. The predicted octanol–water partition coefficient (Wildman–Crippen LogP) is 5.27. The zero-order chi connectivity index (χ0) is 26.7. The third kappa shape index (κ3) is 5.79. The molecular weight excluding hydrogens is 559 g/mol. The lowest BCUT2D eigenvalue weighted by Gasteiger charge is -2.33. The van der Waals surface area contributed by atoms with Crippen LogP contribution in [-0.4, -0.2) is 44.5 Å². The molecule has 0 bridgehead atoms. The van der Waals surface area contributed by atoms with Gasteiger partial charge in [0.1, 0.15) is 16.0 Å². The number of pyridine rings is 1. The summed E-state index contributed by atoms with van der Waals surface area (Å²) in [6.07, 6.45) is 6.09. The van der Waals surface area contributed by atoms with Crippen LogP contribution in [0.2, 0.25) is 9.36 Å². The van der Waals surface area contributed by atoms with Gasteiger partial charge >= 0.3 is 0 Å². The molecule has 1 N–H and O–H groups in total. The van der Waals surface area contributed by atoms with Gasteiger partial charge in [0, 0.05) is 36.5 Å². The Morgan fingerprint density at radius 2 is 2.05 bits per heavy atom. The standard InChI is InChI=1S/C24H26Cl2N4O5S2/c1-4-15-12-28-24(35-15)16-13-27-22(20(26)21(16)34-3)30-10-8-14(9-11-30)23(31)29-37(32,33)18(5-2)17-6-7-19(25)36-17/h5-7,12-14,18H,2,4,8-11H2,1,3H3,(H,29,31). The van der Waals surface area contributed by atoms with Gasteiger partial charge in [0.25, 0.3) is 0 Å². The minimum absolute atomic E-state index is 0.310. The minimum atomic E-state index is -4.02. The van der Waals surface area contributed by atoms with E-state index in [-0.39, 0.29) is 0 Å². The normalized spacial score (nSPS) is 15.4. The van der Waals surface area contributed by atoms with Crippen LogP contribution >= 0.6 is 34.5 Å². The molecule has 1 fully saturated rings. The molecule has 3 aromatic heterocycles. The SMILES string of the molecule is C=CC(c1ccc(Cl)s1)S(=O)(=O)NC(=O)C1CCN(c2ncc(-c3ncc(CC)o3)c(OC)c2Cl)CC1. The van der Waals surface area contributed by atoms with Crippen molar-refractivity contribution in [2.24, 2.45) is 5.92 Å². The van der Waals surface area contributed by atoms with Gasteiger partial charge in [-0.2, -0.15) is 0 Å². The van der Waals surface area contributed by atoms with Crippen LogP contribution in [0.1, 0.15) is 35.7 Å². The monoisotopic (exact) mass is 584 g/mol. The first-order valence-electron chi connectivity index (χ1n) is 11.5. The number of aryl methyl sites for hydroxylation is 1. The van der Waals surface area contributed by atoms with E-state index < -0.39 is 27.1 Å². The Morgan fingerprint density at radius 3 is 2.62 bits per heavy atom. The van der Waals surface area contributed by atoms with Gasteiger partial charge in [-0.25, -0.2) is 18.4 Å². The molecule has 4 heterocycles. The van der Waals surface area contributed by atoms with Crippen molar-refractivity contribution in [2.45, 2.75) is 31.4 Å². The lowest BCUT2D eigenvalue weighted by Crippen LogP contribution is -2.43. The molecule has 3 aromatic rings. The van der Waals surface area contributed by atoms with Crippen molar-refractivity contribution in [3.8, 4) is 17.2 Å². The van der Waals surface area contributed by atoms with Gasteiger partial charge in [0.05, 0.1) is 23.2 Å². The zero-order valence-electron chi connectivity index (χ0n) is 20.2. The molecule has 37 heavy (non-hydrogen) atoms. The fourth-order valence-corrected chi connectivity index (χ4v) is 7.27. The van der Waals surface area contributed by atoms with Gasteiger partial charge in [0.15, 0.2) is 11.6 Å². The van der Waals surface area contributed by atoms with E-state index in [1.807, 2.05) is 11.8 Å². The highest BCUT2D eigenvalue weighted by Gasteiger charge is 2.33. The summed E-state index contributed by atoms with van der Waals surface area (Å²) in [5.74, 6) is 0.982. The predicted molar refractivity (Wildman–Crippen MR) is 145 cm³/mol. The molecular formula is C24H26Cl2N4O5S2. The summed E-state index contributed by atoms with van der Waals surface area (Å²) in [5, 5.41) is -0.759. The molecule has 1 aliphatic rings. The zero-order valence-corrected chi connectivity index (χ0v) is 23.4. The Balaban J connectivity index is 1.44. The summed E-state index contributed by atoms with van der Waals surface area (Å²) in [5.41, 5.74) is 0.541. The number of ether oxygens (including phenoxy) is 1. The fraction of sp³-hybridized carbons (Fsp3) is 0.375. The average Bonchev–Trinajstić information content (AvgIpc) is 3.53. The molecule has 9 nitrogen and oxygen atoms in total. The van der Waals surface area contributed by atoms with Gasteiger partial charge < -0.3 is 14.1 Å². The minimum Gasteiger partial charge on any atom is -0.494 e. The van der Waals surface area contributed by atoms with Crippen molar-refractivity contribution in [1.29, 1.82) is 0 Å². The molecule has 4 rings (SSSR count). The quantitative estimate of drug-likeness (QED) is 0.338. The van der Waals surface area contributed by atoms with Crippen LogP contribution in [0.4, 0.5) is 5.82 Å². The van der Waals surface area contributed by atoms with E-state index in [9.17, 15) is 13.2 Å². The second kappa shape index (κ2) is 11.4. The van der Waals surface area contributed by atoms with Crippen LogP contribution in [-0.2, 0) is 21.2 Å². The highest BCUT2D eigenvalue weighted by atomic mass is 35.5. The lowest BCUT2D eigenvalue weighted by atomic mass is 9.96. The number of aromatic nitrogens is 2. The van der Waals surface area contributed by atoms with Gasteiger partial charge in [0.2, 0.25) is 21.8 Å². The number of carbonyl (C=O) groups is 1. The highest BCUT2D eigenvalue weighted by Crippen LogP contribution is 2.41. The van der Waals surface area contributed by atoms with E-state index in [2.05, 4.69) is 21.3 Å². The molecule has 0 saturated carbocycles. The number of piperidine rings is 1. The van der Waals surface area contributed by atoms with E-state index in [0.29, 0.717) is 69.6 Å². The number of nitrogens with zero attached hydrogens (tertiary/aromatic N) is 3. The van der Waals surface area contributed by atoms with Crippen molar-refractivity contribution in [2.75, 3.05) is 25.1 Å². The summed E-state index contributed by atoms with van der Waals surface area (Å²) in [7, 11) is -2.51. The second-order valence-electron chi connectivity index (χ2n) is 8.40. The van der Waals surface area contributed by atoms with Gasteiger partial charge in [-0.3, -0.25) is 9.52 Å². The number of oxazole rings is 1. The Labute approximate surface area is 229 Å². The molecule has 1 unspecified atom stereocenters. The molecule has 0 aliphatic carbocycles. The van der Waals surface area contributed by atoms with Crippen molar-refractivity contribution >= 4 is 56.3 Å². The number of thiophene rings is 1. The number of halogens is 2. The van der Waals surface area contributed by atoms with Crippen LogP contribution in [0.25, 0.3) is 11.5 Å². The van der Waals surface area contributed by atoms with E-state index in [4.69, 9.17) is 32.4 Å². The molecule has 1 amide bonds. The van der Waals surface area contributed by atoms with Crippen molar-refractivity contribution < 1.29 is 22.4 Å². The number of rotatable bonds is 9. The number of hydrogen-bond donors (Lipinski definition) is 1. The Hall–Kier alpha value is -2.60. The topological polar surface area (TPSA) is 115 Å². The second-order valence-corrected chi connectivity index (χ2v) is 12.3. The largest absolute Gasteiger partial charge is 0.494 e. The third-order valence-electron chi connectivity index (χ3n) is 6.12. The van der Waals surface area contributed by atoms with Crippen LogP contribution in [0.3, 0.4) is 0 Å². The van der Waals surface area contributed by atoms with E-state index in [0.717, 1.165) is 17.1 Å². The van der Waals surface area contributed by atoms with Crippen molar-refractivity contribution in [3.63, 3.8) is 0 Å². The molecule has 0 aromatic carbocycles. The van der Waals surface area contributed by atoms with Crippen LogP contribution in [0.15, 0.2) is 41.6 Å². The first-order chi connectivity index (χ1) is 17.7. The van der Waals surface area contributed by atoms with Crippen LogP contribution in [0, 0.1) is 5.92 Å². The first-order valence-corrected chi connectivity index (χ1v) is 14.7. The summed E-state index contributed by atoms with van der Waals surface area (Å²) in [4.78, 5) is 24.1. The number of amides is 1. The maximum atomic E-state index is 12.9. The molecule has 1 aliphatic heterocycles. The molecule has 0 spiro atoms. The molecule has 0 radical (unpaired) electrons.